The molecule has 1 aliphatic carbocycles. The summed E-state index contributed by atoms with van der Waals surface area (Å²) in [4.78, 5) is 8.59. The van der Waals surface area contributed by atoms with Crippen LogP contribution in [0.2, 0.25) is 0 Å². The molecule has 0 bridgehead atoms. The topological polar surface area (TPSA) is 28.2 Å². The van der Waals surface area contributed by atoms with Gasteiger partial charge in [0, 0.05) is 24.5 Å². The quantitative estimate of drug-likeness (QED) is 0.874. The van der Waals surface area contributed by atoms with Crippen molar-refractivity contribution in [1.82, 2.24) is 10.3 Å². The monoisotopic (exact) mass is 253 g/mol. The molecule has 1 heterocycles. The standard InChI is InChI=1S/C13H23N3S/c1-4-11-12(9-14-2)17-13(15-11)16(3)10-7-5-6-8-10/h10,14H,4-9H2,1-3H3. The Labute approximate surface area is 108 Å². The van der Waals surface area contributed by atoms with Gasteiger partial charge in [0.25, 0.3) is 0 Å². The highest BCUT2D eigenvalue weighted by Gasteiger charge is 2.22. The first-order chi connectivity index (χ1) is 8.26. The van der Waals surface area contributed by atoms with Crippen molar-refractivity contribution >= 4 is 16.5 Å². The van der Waals surface area contributed by atoms with Crippen molar-refractivity contribution in [3.63, 3.8) is 0 Å². The first kappa shape index (κ1) is 12.8. The van der Waals surface area contributed by atoms with E-state index in [9.17, 15) is 0 Å². The second kappa shape index (κ2) is 5.83. The van der Waals surface area contributed by atoms with Crippen molar-refractivity contribution in [3.05, 3.63) is 10.6 Å². The fourth-order valence-electron chi connectivity index (χ4n) is 2.54. The minimum absolute atomic E-state index is 0.716. The van der Waals surface area contributed by atoms with Gasteiger partial charge in [0.1, 0.15) is 0 Å². The van der Waals surface area contributed by atoms with Gasteiger partial charge in [0.05, 0.1) is 5.69 Å². The van der Waals surface area contributed by atoms with E-state index in [1.54, 1.807) is 0 Å². The maximum Gasteiger partial charge on any atom is 0.185 e. The van der Waals surface area contributed by atoms with Crippen LogP contribution in [0.3, 0.4) is 0 Å². The molecule has 0 spiro atoms. The lowest BCUT2D eigenvalue weighted by atomic mass is 10.2. The summed E-state index contributed by atoms with van der Waals surface area (Å²) in [6, 6.07) is 0.716. The Bertz CT molecular complexity index is 356. The maximum atomic E-state index is 4.80. The predicted octanol–water partition coefficient (Wildman–Crippen LogP) is 2.80. The molecule has 0 unspecified atom stereocenters. The van der Waals surface area contributed by atoms with Gasteiger partial charge in [-0.25, -0.2) is 4.98 Å². The summed E-state index contributed by atoms with van der Waals surface area (Å²) in [6.45, 7) is 3.13. The third kappa shape index (κ3) is 2.80. The van der Waals surface area contributed by atoms with Gasteiger partial charge >= 0.3 is 0 Å². The average Bonchev–Trinajstić information content (AvgIpc) is 2.97. The maximum absolute atomic E-state index is 4.80. The summed E-state index contributed by atoms with van der Waals surface area (Å²) >= 11 is 1.86. The van der Waals surface area contributed by atoms with Crippen LogP contribution in [-0.2, 0) is 13.0 Å². The Balaban J connectivity index is 2.14. The first-order valence-corrected chi connectivity index (χ1v) is 7.44. The normalized spacial score (nSPS) is 16.6. The molecule has 4 heteroatoms. The highest BCUT2D eigenvalue weighted by Crippen LogP contribution is 2.31. The highest BCUT2D eigenvalue weighted by molar-refractivity contribution is 7.15. The number of nitrogens with zero attached hydrogens (tertiary/aromatic N) is 2. The lowest BCUT2D eigenvalue weighted by Crippen LogP contribution is -2.28. The van der Waals surface area contributed by atoms with Crippen LogP contribution in [0, 0.1) is 0 Å². The molecule has 1 aliphatic rings. The fourth-order valence-corrected chi connectivity index (χ4v) is 3.74. The van der Waals surface area contributed by atoms with Crippen molar-refractivity contribution < 1.29 is 0 Å². The van der Waals surface area contributed by atoms with Crippen LogP contribution in [0.25, 0.3) is 0 Å². The summed E-state index contributed by atoms with van der Waals surface area (Å²) in [7, 11) is 4.21. The van der Waals surface area contributed by atoms with Crippen molar-refractivity contribution in [2.24, 2.45) is 0 Å². The van der Waals surface area contributed by atoms with E-state index in [0.717, 1.165) is 13.0 Å². The molecule has 2 rings (SSSR count). The second-order valence-corrected chi connectivity index (χ2v) is 5.86. The van der Waals surface area contributed by atoms with Gasteiger partial charge in [0.15, 0.2) is 5.13 Å². The van der Waals surface area contributed by atoms with Gasteiger partial charge in [-0.05, 0) is 26.3 Å². The van der Waals surface area contributed by atoms with E-state index < -0.39 is 0 Å². The zero-order chi connectivity index (χ0) is 12.3. The van der Waals surface area contributed by atoms with Gasteiger partial charge in [0.2, 0.25) is 0 Å². The Morgan fingerprint density at radius 1 is 1.41 bits per heavy atom. The van der Waals surface area contributed by atoms with E-state index in [2.05, 4.69) is 24.2 Å². The summed E-state index contributed by atoms with van der Waals surface area (Å²) in [5.41, 5.74) is 1.27. The van der Waals surface area contributed by atoms with E-state index >= 15 is 0 Å². The number of aromatic nitrogens is 1. The SMILES string of the molecule is CCc1nc(N(C)C2CCCC2)sc1CNC. The Kier molecular flexibility index (Phi) is 4.40. The number of anilines is 1. The Hall–Kier alpha value is -0.610. The van der Waals surface area contributed by atoms with E-state index in [1.165, 1.54) is 41.4 Å². The first-order valence-electron chi connectivity index (χ1n) is 6.62. The van der Waals surface area contributed by atoms with E-state index in [-0.39, 0.29) is 0 Å². The lowest BCUT2D eigenvalue weighted by Gasteiger charge is -2.23. The average molecular weight is 253 g/mol. The molecule has 0 aromatic carbocycles. The van der Waals surface area contributed by atoms with Crippen LogP contribution in [0.5, 0.6) is 0 Å². The molecule has 3 nitrogen and oxygen atoms in total. The number of thiazole rings is 1. The molecule has 0 radical (unpaired) electrons. The Morgan fingerprint density at radius 3 is 2.71 bits per heavy atom. The number of hydrogen-bond donors (Lipinski definition) is 1. The molecular weight excluding hydrogens is 230 g/mol. The number of hydrogen-bond acceptors (Lipinski definition) is 4. The number of nitrogens with one attached hydrogen (secondary N) is 1. The Morgan fingerprint density at radius 2 is 2.12 bits per heavy atom. The predicted molar refractivity (Wildman–Crippen MR) is 74.9 cm³/mol. The lowest BCUT2D eigenvalue weighted by molar-refractivity contribution is 0.651. The second-order valence-electron chi connectivity index (χ2n) is 4.80. The van der Waals surface area contributed by atoms with Crippen LogP contribution in [0.1, 0.15) is 43.2 Å². The summed E-state index contributed by atoms with van der Waals surface area (Å²) < 4.78 is 0. The van der Waals surface area contributed by atoms with Gasteiger partial charge in [-0.15, -0.1) is 11.3 Å². The molecule has 17 heavy (non-hydrogen) atoms. The van der Waals surface area contributed by atoms with Crippen molar-refractivity contribution in [2.75, 3.05) is 19.0 Å². The molecule has 96 valence electrons. The van der Waals surface area contributed by atoms with E-state index in [1.807, 2.05) is 18.4 Å². The fraction of sp³-hybridized carbons (Fsp3) is 0.769. The molecule has 1 aromatic rings. The highest BCUT2D eigenvalue weighted by atomic mass is 32.1. The van der Waals surface area contributed by atoms with Gasteiger partial charge < -0.3 is 10.2 Å². The van der Waals surface area contributed by atoms with E-state index in [4.69, 9.17) is 4.98 Å². The molecular formula is C13H23N3S. The minimum Gasteiger partial charge on any atom is -0.348 e. The third-order valence-electron chi connectivity index (χ3n) is 3.61. The summed E-state index contributed by atoms with van der Waals surface area (Å²) in [6.07, 6.45) is 6.46. The van der Waals surface area contributed by atoms with E-state index in [0.29, 0.717) is 6.04 Å². The van der Waals surface area contributed by atoms with Crippen LogP contribution in [0.4, 0.5) is 5.13 Å². The van der Waals surface area contributed by atoms with Crippen molar-refractivity contribution in [1.29, 1.82) is 0 Å². The van der Waals surface area contributed by atoms with Gasteiger partial charge in [-0.3, -0.25) is 0 Å². The van der Waals surface area contributed by atoms with Crippen molar-refractivity contribution in [2.45, 2.75) is 51.6 Å². The molecule has 0 saturated heterocycles. The van der Waals surface area contributed by atoms with Crippen LogP contribution < -0.4 is 10.2 Å². The summed E-state index contributed by atoms with van der Waals surface area (Å²) in [5, 5.41) is 4.44. The van der Waals surface area contributed by atoms with Crippen LogP contribution in [-0.4, -0.2) is 25.1 Å². The molecule has 1 N–H and O–H groups in total. The van der Waals surface area contributed by atoms with Gasteiger partial charge in [-0.2, -0.15) is 0 Å². The largest absolute Gasteiger partial charge is 0.348 e. The molecule has 1 aromatic heterocycles. The van der Waals surface area contributed by atoms with Crippen LogP contribution in [0.15, 0.2) is 0 Å². The molecule has 1 saturated carbocycles. The minimum atomic E-state index is 0.716. The van der Waals surface area contributed by atoms with Gasteiger partial charge in [-0.1, -0.05) is 19.8 Å². The zero-order valence-corrected chi connectivity index (χ0v) is 11.9. The molecule has 1 fully saturated rings. The number of rotatable bonds is 5. The molecule has 0 aliphatic heterocycles. The molecule has 0 amide bonds. The van der Waals surface area contributed by atoms with Crippen LogP contribution >= 0.6 is 11.3 Å². The number of aryl methyl sites for hydroxylation is 1. The molecule has 0 atom stereocenters. The zero-order valence-electron chi connectivity index (χ0n) is 11.1. The smallest absolute Gasteiger partial charge is 0.185 e. The third-order valence-corrected chi connectivity index (χ3v) is 4.80. The van der Waals surface area contributed by atoms with Crippen molar-refractivity contribution in [3.8, 4) is 0 Å². The summed E-state index contributed by atoms with van der Waals surface area (Å²) in [5.74, 6) is 0.